The maximum atomic E-state index is 13.1. The van der Waals surface area contributed by atoms with E-state index in [1.165, 1.54) is 24.5 Å². The molecule has 2 aliphatic rings. The first-order valence-corrected chi connectivity index (χ1v) is 12.1. The number of benzene rings is 1. The molecule has 0 bridgehead atoms. The first kappa shape index (κ1) is 28.0. The second-order valence-electron chi connectivity index (χ2n) is 7.60. The van der Waals surface area contributed by atoms with Gasteiger partial charge in [-0.3, -0.25) is 14.5 Å². The Kier molecular flexibility index (Phi) is 8.75. The number of hydrogen-bond donors (Lipinski definition) is 3. The molecular weight excluding hydrogens is 523 g/mol. The molecule has 1 aromatic carbocycles. The van der Waals surface area contributed by atoms with E-state index in [0.29, 0.717) is 0 Å². The van der Waals surface area contributed by atoms with Gasteiger partial charge in [-0.15, -0.1) is 23.1 Å². The Morgan fingerprint density at radius 2 is 2.00 bits per heavy atom. The van der Waals surface area contributed by atoms with Crippen molar-refractivity contribution in [1.29, 1.82) is 0 Å². The zero-order valence-corrected chi connectivity index (χ0v) is 22.8. The number of nitrogens with zero attached hydrogens (tertiary/aromatic N) is 1. The molecule has 4 rings (SSSR count). The van der Waals surface area contributed by atoms with E-state index in [2.05, 4.69) is 5.32 Å². The van der Waals surface area contributed by atoms with Gasteiger partial charge < -0.3 is 34.9 Å². The number of fused-ring (bicyclic) bond motifs is 1. The van der Waals surface area contributed by atoms with E-state index in [0.717, 1.165) is 33.7 Å². The SMILES string of the molecule is CO[C@]1(NC(=O)Cc2cccs2)C(=O)N2C(C(=O)[O-])=C(COC(=O)c3ccc(O)c(O)c3)CS[C@@H]21.[Na+]. The van der Waals surface area contributed by atoms with Gasteiger partial charge in [0, 0.05) is 23.3 Å². The summed E-state index contributed by atoms with van der Waals surface area (Å²) in [5, 5.41) is 34.4. The molecule has 2 amide bonds. The Morgan fingerprint density at radius 1 is 1.25 bits per heavy atom. The number of phenolic OH excluding ortho intramolecular Hbond substituents is 2. The third kappa shape index (κ3) is 5.12. The maximum absolute atomic E-state index is 13.1. The monoisotopic (exact) mass is 542 g/mol. The predicted molar refractivity (Wildman–Crippen MR) is 121 cm³/mol. The Hall–Kier alpha value is -2.55. The van der Waals surface area contributed by atoms with Crippen LogP contribution in [0.15, 0.2) is 47.0 Å². The molecule has 1 fully saturated rings. The van der Waals surface area contributed by atoms with Crippen LogP contribution in [0, 0.1) is 0 Å². The number of amides is 2. The summed E-state index contributed by atoms with van der Waals surface area (Å²) in [6.45, 7) is -0.460. The fraction of sp³-hybridized carbons (Fsp3) is 0.273. The number of aliphatic carboxylic acids is 1. The predicted octanol–water partition coefficient (Wildman–Crippen LogP) is -3.06. The Balaban J connectivity index is 0.00000361. The van der Waals surface area contributed by atoms with Gasteiger partial charge in [-0.2, -0.15) is 0 Å². The second-order valence-corrected chi connectivity index (χ2v) is 9.70. The number of ether oxygens (including phenoxy) is 2. The number of methoxy groups -OCH3 is 1. The average Bonchev–Trinajstić information content (AvgIpc) is 3.34. The number of thiophene rings is 1. The van der Waals surface area contributed by atoms with Gasteiger partial charge in [0.2, 0.25) is 5.91 Å². The molecule has 1 saturated heterocycles. The summed E-state index contributed by atoms with van der Waals surface area (Å²) in [7, 11) is 1.24. The summed E-state index contributed by atoms with van der Waals surface area (Å²) in [5.41, 5.74) is -2.15. The van der Waals surface area contributed by atoms with Crippen LogP contribution in [-0.2, 0) is 30.3 Å². The zero-order chi connectivity index (χ0) is 25.3. The quantitative estimate of drug-likeness (QED) is 0.103. The minimum Gasteiger partial charge on any atom is -0.543 e. The number of carbonyl (C=O) groups is 4. The third-order valence-electron chi connectivity index (χ3n) is 5.45. The minimum atomic E-state index is -1.74. The van der Waals surface area contributed by atoms with Crippen molar-refractivity contribution < 1.29 is 73.5 Å². The topological polar surface area (TPSA) is 166 Å². The molecule has 14 heteroatoms. The molecule has 0 spiro atoms. The maximum Gasteiger partial charge on any atom is 1.00 e. The normalized spacial score (nSPS) is 20.6. The van der Waals surface area contributed by atoms with E-state index in [1.807, 2.05) is 5.38 Å². The van der Waals surface area contributed by atoms with Crippen LogP contribution in [-0.4, -0.2) is 69.4 Å². The Morgan fingerprint density at radius 3 is 2.61 bits per heavy atom. The molecule has 2 atom stereocenters. The van der Waals surface area contributed by atoms with Crippen LogP contribution in [0.2, 0.25) is 0 Å². The first-order chi connectivity index (χ1) is 16.7. The summed E-state index contributed by atoms with van der Waals surface area (Å²) in [5.74, 6) is -4.65. The molecule has 2 aliphatic heterocycles. The van der Waals surface area contributed by atoms with Crippen molar-refractivity contribution in [3.05, 3.63) is 57.4 Å². The average molecular weight is 543 g/mol. The number of rotatable bonds is 8. The number of esters is 1. The summed E-state index contributed by atoms with van der Waals surface area (Å²) >= 11 is 2.52. The fourth-order valence-electron chi connectivity index (χ4n) is 3.75. The molecule has 184 valence electrons. The number of hydrogen-bond acceptors (Lipinski definition) is 11. The smallest absolute Gasteiger partial charge is 0.543 e. The standard InChI is InChI=1S/C22H20N2O9S2.Na/c1-32-22(23-16(27)8-13-3-2-6-34-13)20(31)24-17(18(28)29)12(10-35-21(22)24)9-33-19(30)11-4-5-14(25)15(26)7-11;/h2-7,21,25-26H,8-10H2,1H3,(H,23,27)(H,28,29);/q;+1/p-1/t21-,22-;/m1./s1. The van der Waals surface area contributed by atoms with Crippen molar-refractivity contribution in [2.45, 2.75) is 17.5 Å². The second kappa shape index (κ2) is 11.2. The van der Waals surface area contributed by atoms with Crippen LogP contribution < -0.4 is 40.0 Å². The van der Waals surface area contributed by atoms with E-state index in [9.17, 15) is 34.5 Å². The van der Waals surface area contributed by atoms with Crippen LogP contribution in [0.4, 0.5) is 0 Å². The van der Waals surface area contributed by atoms with Crippen molar-refractivity contribution in [3.8, 4) is 11.5 Å². The number of nitrogens with one attached hydrogen (secondary N) is 1. The number of carboxylic acids is 1. The third-order valence-corrected chi connectivity index (χ3v) is 7.70. The number of aromatic hydroxyl groups is 2. The van der Waals surface area contributed by atoms with Crippen molar-refractivity contribution >= 4 is 46.9 Å². The van der Waals surface area contributed by atoms with Crippen LogP contribution in [0.5, 0.6) is 11.5 Å². The number of carbonyl (C=O) groups excluding carboxylic acids is 4. The molecule has 1 aromatic heterocycles. The van der Waals surface area contributed by atoms with Gasteiger partial charge in [-0.25, -0.2) is 4.79 Å². The molecule has 3 N–H and O–H groups in total. The van der Waals surface area contributed by atoms with Crippen LogP contribution in [0.25, 0.3) is 0 Å². The Bertz CT molecular complexity index is 1230. The van der Waals surface area contributed by atoms with Crippen LogP contribution in [0.1, 0.15) is 15.2 Å². The molecule has 0 radical (unpaired) electrons. The molecule has 0 aliphatic carbocycles. The first-order valence-electron chi connectivity index (χ1n) is 10.1. The van der Waals surface area contributed by atoms with Crippen molar-refractivity contribution in [2.24, 2.45) is 0 Å². The van der Waals surface area contributed by atoms with Gasteiger partial charge in [-0.1, -0.05) is 6.07 Å². The molecule has 0 saturated carbocycles. The van der Waals surface area contributed by atoms with Gasteiger partial charge in [0.25, 0.3) is 11.6 Å². The molecule has 0 unspecified atom stereocenters. The van der Waals surface area contributed by atoms with E-state index < -0.39 is 58.7 Å². The van der Waals surface area contributed by atoms with Crippen molar-refractivity contribution in [1.82, 2.24) is 10.2 Å². The largest absolute Gasteiger partial charge is 1.00 e. The van der Waals surface area contributed by atoms with Crippen molar-refractivity contribution in [2.75, 3.05) is 19.5 Å². The summed E-state index contributed by atoms with van der Waals surface area (Å²) < 4.78 is 10.5. The molecule has 36 heavy (non-hydrogen) atoms. The number of β-lactam (4-membered cyclic amide) rings is 1. The van der Waals surface area contributed by atoms with Gasteiger partial charge in [0.05, 0.1) is 23.7 Å². The van der Waals surface area contributed by atoms with Crippen LogP contribution in [0.3, 0.4) is 0 Å². The summed E-state index contributed by atoms with van der Waals surface area (Å²) in [6.07, 6.45) is 0.0324. The summed E-state index contributed by atoms with van der Waals surface area (Å²) in [4.78, 5) is 51.6. The van der Waals surface area contributed by atoms with E-state index in [1.54, 1.807) is 12.1 Å². The summed E-state index contributed by atoms with van der Waals surface area (Å²) in [6, 6.07) is 6.90. The van der Waals surface area contributed by atoms with E-state index >= 15 is 0 Å². The van der Waals surface area contributed by atoms with Gasteiger partial charge in [-0.05, 0) is 29.6 Å². The molecule has 11 nitrogen and oxygen atoms in total. The fourth-order valence-corrected chi connectivity index (χ4v) is 5.88. The molecule has 3 heterocycles. The Labute approximate surface area is 235 Å². The van der Waals surface area contributed by atoms with Gasteiger partial charge in [0.1, 0.15) is 12.0 Å². The molecule has 2 aromatic rings. The van der Waals surface area contributed by atoms with Crippen LogP contribution >= 0.6 is 23.1 Å². The number of carboxylic acid groups (broad SMARTS) is 1. The van der Waals surface area contributed by atoms with E-state index in [-0.39, 0.29) is 52.9 Å². The number of thioether (sulfide) groups is 1. The zero-order valence-electron chi connectivity index (χ0n) is 19.2. The van der Waals surface area contributed by atoms with E-state index in [4.69, 9.17) is 9.47 Å². The van der Waals surface area contributed by atoms with Crippen molar-refractivity contribution in [3.63, 3.8) is 0 Å². The van der Waals surface area contributed by atoms with Gasteiger partial charge in [0.15, 0.2) is 11.5 Å². The molecular formula is C22H19N2NaO9S2. The van der Waals surface area contributed by atoms with Gasteiger partial charge >= 0.3 is 35.5 Å². The number of phenols is 2. The minimum absolute atomic E-state index is 0.